The molecule has 6 nitrogen and oxygen atoms in total. The minimum absolute atomic E-state index is 0.0234. The van der Waals surface area contributed by atoms with Crippen LogP contribution in [0.2, 0.25) is 0 Å². The lowest BCUT2D eigenvalue weighted by Crippen LogP contribution is -2.27. The van der Waals surface area contributed by atoms with Crippen molar-refractivity contribution in [2.24, 2.45) is 0 Å². The second-order valence-electron chi connectivity index (χ2n) is 4.63. The Morgan fingerprint density at radius 2 is 2.10 bits per heavy atom. The van der Waals surface area contributed by atoms with E-state index in [9.17, 15) is 8.42 Å². The standard InChI is InChI=1S/C13H17N3O3S/c1-8-6-11(10(3)19-8)9(2)16-20(17,18)13-7-15-5-4-12(13)14/h4-7,9,16H,1-3H3,(H2,14,15). The van der Waals surface area contributed by atoms with E-state index in [1.54, 1.807) is 13.8 Å². The number of pyridine rings is 1. The minimum Gasteiger partial charge on any atom is -0.466 e. The van der Waals surface area contributed by atoms with Crippen molar-refractivity contribution in [3.8, 4) is 0 Å². The van der Waals surface area contributed by atoms with Crippen LogP contribution in [-0.2, 0) is 10.0 Å². The second-order valence-corrected chi connectivity index (χ2v) is 6.31. The number of aromatic nitrogens is 1. The van der Waals surface area contributed by atoms with Crippen LogP contribution in [0.4, 0.5) is 5.69 Å². The summed E-state index contributed by atoms with van der Waals surface area (Å²) in [7, 11) is -3.73. The van der Waals surface area contributed by atoms with Gasteiger partial charge in [-0.3, -0.25) is 4.98 Å². The number of furan rings is 1. The fourth-order valence-corrected chi connectivity index (χ4v) is 3.35. The molecule has 108 valence electrons. The number of hydrogen-bond acceptors (Lipinski definition) is 5. The van der Waals surface area contributed by atoms with Crippen molar-refractivity contribution in [2.75, 3.05) is 5.73 Å². The van der Waals surface area contributed by atoms with E-state index in [0.29, 0.717) is 5.76 Å². The number of aryl methyl sites for hydroxylation is 2. The molecule has 0 spiro atoms. The third kappa shape index (κ3) is 2.83. The first-order valence-corrected chi connectivity index (χ1v) is 7.58. The fraction of sp³-hybridized carbons (Fsp3) is 0.308. The molecule has 0 fully saturated rings. The van der Waals surface area contributed by atoms with E-state index in [-0.39, 0.29) is 10.6 Å². The van der Waals surface area contributed by atoms with E-state index in [0.717, 1.165) is 11.3 Å². The number of nitrogens with one attached hydrogen (secondary N) is 1. The van der Waals surface area contributed by atoms with Crippen LogP contribution in [-0.4, -0.2) is 13.4 Å². The van der Waals surface area contributed by atoms with Gasteiger partial charge in [0.25, 0.3) is 0 Å². The molecule has 0 aliphatic carbocycles. The van der Waals surface area contributed by atoms with Gasteiger partial charge < -0.3 is 10.2 Å². The van der Waals surface area contributed by atoms with Gasteiger partial charge in [-0.25, -0.2) is 13.1 Å². The van der Waals surface area contributed by atoms with Crippen molar-refractivity contribution >= 4 is 15.7 Å². The van der Waals surface area contributed by atoms with E-state index in [2.05, 4.69) is 9.71 Å². The highest BCUT2D eigenvalue weighted by molar-refractivity contribution is 7.89. The molecule has 0 aromatic carbocycles. The number of nitrogens with zero attached hydrogens (tertiary/aromatic N) is 1. The number of rotatable bonds is 4. The highest BCUT2D eigenvalue weighted by Crippen LogP contribution is 2.24. The van der Waals surface area contributed by atoms with E-state index >= 15 is 0 Å². The lowest BCUT2D eigenvalue weighted by Gasteiger charge is -2.14. The zero-order valence-electron chi connectivity index (χ0n) is 11.5. The Balaban J connectivity index is 2.29. The summed E-state index contributed by atoms with van der Waals surface area (Å²) in [5.74, 6) is 1.43. The maximum atomic E-state index is 12.3. The average molecular weight is 295 g/mol. The van der Waals surface area contributed by atoms with Crippen molar-refractivity contribution in [1.82, 2.24) is 9.71 Å². The number of nitrogens with two attached hydrogens (primary N) is 1. The van der Waals surface area contributed by atoms with E-state index in [1.807, 2.05) is 13.0 Å². The van der Waals surface area contributed by atoms with Crippen molar-refractivity contribution in [3.05, 3.63) is 41.6 Å². The van der Waals surface area contributed by atoms with Gasteiger partial charge in [-0.2, -0.15) is 0 Å². The first kappa shape index (κ1) is 14.5. The van der Waals surface area contributed by atoms with Crippen molar-refractivity contribution in [2.45, 2.75) is 31.7 Å². The molecule has 1 atom stereocenters. The zero-order chi connectivity index (χ0) is 14.9. The van der Waals surface area contributed by atoms with Gasteiger partial charge in [-0.05, 0) is 32.9 Å². The molecular weight excluding hydrogens is 278 g/mol. The van der Waals surface area contributed by atoms with E-state index < -0.39 is 16.1 Å². The van der Waals surface area contributed by atoms with Crippen LogP contribution in [0.1, 0.15) is 30.0 Å². The smallest absolute Gasteiger partial charge is 0.244 e. The summed E-state index contributed by atoms with van der Waals surface area (Å²) in [5, 5.41) is 0. The second kappa shape index (κ2) is 5.26. The zero-order valence-corrected chi connectivity index (χ0v) is 12.4. The Bertz CT molecular complexity index is 722. The molecular formula is C13H17N3O3S. The summed E-state index contributed by atoms with van der Waals surface area (Å²) >= 11 is 0. The average Bonchev–Trinajstić information content (AvgIpc) is 2.68. The van der Waals surface area contributed by atoms with Crippen LogP contribution >= 0.6 is 0 Å². The normalized spacial score (nSPS) is 13.3. The SMILES string of the molecule is Cc1cc(C(C)NS(=O)(=O)c2cnccc2N)c(C)o1. The molecule has 0 aliphatic heterocycles. The molecule has 0 amide bonds. The molecule has 2 heterocycles. The van der Waals surface area contributed by atoms with Crippen LogP contribution < -0.4 is 10.5 Å². The first-order chi connectivity index (χ1) is 9.31. The fourth-order valence-electron chi connectivity index (χ4n) is 2.06. The largest absolute Gasteiger partial charge is 0.466 e. The van der Waals surface area contributed by atoms with E-state index in [4.69, 9.17) is 10.2 Å². The van der Waals surface area contributed by atoms with Crippen LogP contribution in [0.15, 0.2) is 33.8 Å². The lowest BCUT2D eigenvalue weighted by atomic mass is 10.1. The molecule has 7 heteroatoms. The van der Waals surface area contributed by atoms with Crippen molar-refractivity contribution in [3.63, 3.8) is 0 Å². The highest BCUT2D eigenvalue weighted by Gasteiger charge is 2.23. The minimum atomic E-state index is -3.73. The molecule has 0 bridgehead atoms. The molecule has 2 aromatic rings. The van der Waals surface area contributed by atoms with Crippen LogP contribution in [0.3, 0.4) is 0 Å². The molecule has 1 unspecified atom stereocenters. The molecule has 2 rings (SSSR count). The molecule has 0 saturated heterocycles. The number of nitrogen functional groups attached to an aromatic ring is 1. The first-order valence-electron chi connectivity index (χ1n) is 6.10. The molecule has 20 heavy (non-hydrogen) atoms. The van der Waals surface area contributed by atoms with Crippen LogP contribution in [0, 0.1) is 13.8 Å². The summed E-state index contributed by atoms with van der Waals surface area (Å²) in [6.45, 7) is 5.36. The molecule has 0 saturated carbocycles. The number of anilines is 1. The molecule has 0 radical (unpaired) electrons. The Hall–Kier alpha value is -1.86. The number of hydrogen-bond donors (Lipinski definition) is 2. The summed E-state index contributed by atoms with van der Waals surface area (Å²) in [6, 6.07) is 2.85. The summed E-state index contributed by atoms with van der Waals surface area (Å²) < 4.78 is 32.6. The van der Waals surface area contributed by atoms with Crippen molar-refractivity contribution in [1.29, 1.82) is 0 Å². The quantitative estimate of drug-likeness (QED) is 0.897. The summed E-state index contributed by atoms with van der Waals surface area (Å²) in [6.07, 6.45) is 2.68. The molecule has 2 aromatic heterocycles. The predicted octanol–water partition coefficient (Wildman–Crippen LogP) is 1.91. The summed E-state index contributed by atoms with van der Waals surface area (Å²) in [5.41, 5.74) is 6.64. The van der Waals surface area contributed by atoms with Gasteiger partial charge in [0.1, 0.15) is 16.4 Å². The van der Waals surface area contributed by atoms with Gasteiger partial charge in [0.15, 0.2) is 0 Å². The van der Waals surface area contributed by atoms with Crippen LogP contribution in [0.25, 0.3) is 0 Å². The predicted molar refractivity (Wildman–Crippen MR) is 75.6 cm³/mol. The maximum absolute atomic E-state index is 12.3. The lowest BCUT2D eigenvalue weighted by molar-refractivity contribution is 0.496. The Kier molecular flexibility index (Phi) is 3.82. The maximum Gasteiger partial charge on any atom is 0.244 e. The Morgan fingerprint density at radius 3 is 2.65 bits per heavy atom. The topological polar surface area (TPSA) is 98.2 Å². The van der Waals surface area contributed by atoms with Gasteiger partial charge in [0.2, 0.25) is 10.0 Å². The molecule has 3 N–H and O–H groups in total. The highest BCUT2D eigenvalue weighted by atomic mass is 32.2. The third-order valence-corrected chi connectivity index (χ3v) is 4.57. The molecule has 0 aliphatic rings. The van der Waals surface area contributed by atoms with Crippen LogP contribution in [0.5, 0.6) is 0 Å². The van der Waals surface area contributed by atoms with Crippen molar-refractivity contribution < 1.29 is 12.8 Å². The van der Waals surface area contributed by atoms with Gasteiger partial charge in [-0.1, -0.05) is 0 Å². The van der Waals surface area contributed by atoms with Gasteiger partial charge >= 0.3 is 0 Å². The van der Waals surface area contributed by atoms with E-state index in [1.165, 1.54) is 18.5 Å². The third-order valence-electron chi connectivity index (χ3n) is 2.98. The Morgan fingerprint density at radius 1 is 1.40 bits per heavy atom. The van der Waals surface area contributed by atoms with Gasteiger partial charge in [0, 0.05) is 24.0 Å². The summed E-state index contributed by atoms with van der Waals surface area (Å²) in [4.78, 5) is 3.77. The van der Waals surface area contributed by atoms with Gasteiger partial charge in [0.05, 0.1) is 5.69 Å². The number of sulfonamides is 1. The Labute approximate surface area is 118 Å². The van der Waals surface area contributed by atoms with Gasteiger partial charge in [-0.15, -0.1) is 0 Å². The monoisotopic (exact) mass is 295 g/mol.